The number of fused-ring (bicyclic) bond motifs is 1. The normalized spacial score (nSPS) is 14.2. The first-order valence-electron chi connectivity index (χ1n) is 14.4. The molecule has 5 aromatic rings. The summed E-state index contributed by atoms with van der Waals surface area (Å²) >= 11 is 6.58. The summed E-state index contributed by atoms with van der Waals surface area (Å²) in [6, 6.07) is 22.1. The molecular formula is C33H33ClN4O8. The number of carbonyl (C=O) groups is 1. The molecule has 3 aromatic carbocycles. The van der Waals surface area contributed by atoms with Crippen LogP contribution in [0.1, 0.15) is 21.5 Å². The molecule has 0 unspecified atom stereocenters. The molecular weight excluding hydrogens is 616 g/mol. The maximum Gasteiger partial charge on any atom is 0.336 e. The van der Waals surface area contributed by atoms with Gasteiger partial charge in [0.25, 0.3) is 0 Å². The van der Waals surface area contributed by atoms with E-state index in [1.807, 2.05) is 48.5 Å². The number of benzene rings is 3. The van der Waals surface area contributed by atoms with Gasteiger partial charge in [0.05, 0.1) is 34.5 Å². The van der Waals surface area contributed by atoms with Crippen LogP contribution in [0.3, 0.4) is 0 Å². The quantitative estimate of drug-likeness (QED) is 0.0931. The molecule has 2 aromatic heterocycles. The van der Waals surface area contributed by atoms with Crippen molar-refractivity contribution < 1.29 is 40.2 Å². The molecule has 0 aliphatic heterocycles. The first-order valence-corrected chi connectivity index (χ1v) is 14.7. The number of imidazole rings is 1. The lowest BCUT2D eigenvalue weighted by molar-refractivity contribution is -0.114. The largest absolute Gasteiger partial charge is 0.478 e. The maximum atomic E-state index is 11.5. The molecule has 0 aliphatic rings. The molecule has 2 heterocycles. The Morgan fingerprint density at radius 3 is 2.17 bits per heavy atom. The van der Waals surface area contributed by atoms with Crippen molar-refractivity contribution in [1.82, 2.24) is 20.3 Å². The predicted molar refractivity (Wildman–Crippen MR) is 171 cm³/mol. The summed E-state index contributed by atoms with van der Waals surface area (Å²) in [5.41, 5.74) is 5.87. The number of aromatic carboxylic acids is 1. The zero-order valence-electron chi connectivity index (χ0n) is 24.6. The topological polar surface area (TPSA) is 201 Å². The minimum atomic E-state index is -1.67. The molecule has 0 spiro atoms. The van der Waals surface area contributed by atoms with E-state index in [-0.39, 0.29) is 18.1 Å². The zero-order chi connectivity index (χ0) is 33.0. The number of hydrogen-bond donors (Lipinski definition) is 8. The minimum Gasteiger partial charge on any atom is -0.478 e. The van der Waals surface area contributed by atoms with E-state index < -0.39 is 37.0 Å². The van der Waals surface area contributed by atoms with Crippen molar-refractivity contribution in [2.45, 2.75) is 37.9 Å². The number of halogens is 1. The van der Waals surface area contributed by atoms with Crippen LogP contribution in [-0.4, -0.2) is 89.1 Å². The summed E-state index contributed by atoms with van der Waals surface area (Å²) in [6.07, 6.45) is -6.16. The van der Waals surface area contributed by atoms with Crippen LogP contribution >= 0.6 is 11.6 Å². The molecule has 0 aliphatic carbocycles. The van der Waals surface area contributed by atoms with Crippen LogP contribution in [0.25, 0.3) is 33.5 Å². The van der Waals surface area contributed by atoms with Crippen LogP contribution in [0.5, 0.6) is 11.8 Å². The Labute approximate surface area is 268 Å². The monoisotopic (exact) mass is 648 g/mol. The Hall–Kier alpha value is -4.40. The summed E-state index contributed by atoms with van der Waals surface area (Å²) in [7, 11) is 0. The molecule has 0 saturated heterocycles. The molecule has 0 fully saturated rings. The molecule has 13 heteroatoms. The van der Waals surface area contributed by atoms with Gasteiger partial charge in [0.15, 0.2) is 5.65 Å². The fourth-order valence-corrected chi connectivity index (χ4v) is 5.10. The number of aliphatic hydroxyl groups excluding tert-OH is 5. The van der Waals surface area contributed by atoms with Crippen LogP contribution in [0.4, 0.5) is 0 Å². The third-order valence-corrected chi connectivity index (χ3v) is 7.80. The van der Waals surface area contributed by atoms with Gasteiger partial charge in [0, 0.05) is 18.7 Å². The highest BCUT2D eigenvalue weighted by atomic mass is 35.5. The van der Waals surface area contributed by atoms with Crippen LogP contribution < -0.4 is 10.1 Å². The van der Waals surface area contributed by atoms with Crippen molar-refractivity contribution >= 4 is 28.7 Å². The number of nitrogens with one attached hydrogen (secondary N) is 2. The number of aromatic nitrogens is 3. The zero-order valence-corrected chi connectivity index (χ0v) is 25.4. The van der Waals surface area contributed by atoms with Gasteiger partial charge >= 0.3 is 12.0 Å². The lowest BCUT2D eigenvalue weighted by atomic mass is 10.0. The van der Waals surface area contributed by atoms with Gasteiger partial charge < -0.3 is 45.7 Å². The van der Waals surface area contributed by atoms with E-state index in [4.69, 9.17) is 21.4 Å². The van der Waals surface area contributed by atoms with Gasteiger partial charge in [-0.15, -0.1) is 0 Å². The van der Waals surface area contributed by atoms with Crippen LogP contribution in [0.2, 0.25) is 5.02 Å². The third-order valence-electron chi connectivity index (χ3n) is 7.51. The van der Waals surface area contributed by atoms with E-state index in [2.05, 4.69) is 20.3 Å². The summed E-state index contributed by atoms with van der Waals surface area (Å²) < 4.78 is 5.77. The molecule has 12 nitrogen and oxygen atoms in total. The SMILES string of the molecule is Cc1ccc(Oc2nc3nc(-c4ccc(-c5ccc(CNC[C@H](O)[C@@H](O)[C@H](O)[C@H](O)CO)cc5)cc4)c(Cl)cc3[nH]2)cc1C(=O)O. The molecule has 240 valence electrons. The number of hydrogen-bond acceptors (Lipinski definition) is 10. The maximum absolute atomic E-state index is 11.5. The fraction of sp³-hybridized carbons (Fsp3) is 0.242. The number of carboxylic acids is 1. The smallest absolute Gasteiger partial charge is 0.336 e. The molecule has 0 saturated carbocycles. The number of nitrogens with zero attached hydrogens (tertiary/aromatic N) is 2. The van der Waals surface area contributed by atoms with Crippen LogP contribution in [0, 0.1) is 6.92 Å². The van der Waals surface area contributed by atoms with Gasteiger partial charge in [-0.25, -0.2) is 9.78 Å². The number of H-pyrrole nitrogens is 1. The van der Waals surface area contributed by atoms with Crippen LogP contribution in [0.15, 0.2) is 72.8 Å². The number of ether oxygens (including phenoxy) is 1. The molecule has 46 heavy (non-hydrogen) atoms. The molecule has 8 N–H and O–H groups in total. The number of aliphatic hydroxyl groups is 5. The van der Waals surface area contributed by atoms with Crippen molar-refractivity contribution in [3.8, 4) is 34.1 Å². The lowest BCUT2D eigenvalue weighted by Gasteiger charge is -2.25. The molecule has 4 atom stereocenters. The van der Waals surface area contributed by atoms with Crippen molar-refractivity contribution in [2.75, 3.05) is 13.2 Å². The van der Waals surface area contributed by atoms with Gasteiger partial charge in [-0.05, 0) is 47.4 Å². The van der Waals surface area contributed by atoms with Gasteiger partial charge in [-0.2, -0.15) is 4.98 Å². The second kappa shape index (κ2) is 14.4. The highest BCUT2D eigenvalue weighted by Gasteiger charge is 2.29. The summed E-state index contributed by atoms with van der Waals surface area (Å²) in [5.74, 6) is -0.728. The van der Waals surface area contributed by atoms with Crippen molar-refractivity contribution in [1.29, 1.82) is 0 Å². The Kier molecular flexibility index (Phi) is 10.3. The minimum absolute atomic E-state index is 0.0328. The van der Waals surface area contributed by atoms with E-state index in [0.717, 1.165) is 22.3 Å². The van der Waals surface area contributed by atoms with E-state index in [9.17, 15) is 30.3 Å². The second-order valence-corrected chi connectivity index (χ2v) is 11.2. The van der Waals surface area contributed by atoms with E-state index in [1.54, 1.807) is 25.1 Å². The molecule has 5 rings (SSSR count). The highest BCUT2D eigenvalue weighted by molar-refractivity contribution is 6.33. The Morgan fingerprint density at radius 2 is 1.52 bits per heavy atom. The fourth-order valence-electron chi connectivity index (χ4n) is 4.84. The van der Waals surface area contributed by atoms with Crippen molar-refractivity contribution in [2.24, 2.45) is 0 Å². The molecule has 0 bridgehead atoms. The number of pyridine rings is 1. The van der Waals surface area contributed by atoms with E-state index >= 15 is 0 Å². The first kappa shape index (κ1) is 33.0. The summed E-state index contributed by atoms with van der Waals surface area (Å²) in [5, 5.41) is 60.9. The average Bonchev–Trinajstić information content (AvgIpc) is 3.45. The predicted octanol–water partition coefficient (Wildman–Crippen LogP) is 3.27. The van der Waals surface area contributed by atoms with Gasteiger partial charge in [0.1, 0.15) is 24.1 Å². The number of rotatable bonds is 13. The number of carboxylic acid groups (broad SMARTS) is 1. The Bertz CT molecular complexity index is 1810. The van der Waals surface area contributed by atoms with Crippen LogP contribution in [-0.2, 0) is 6.54 Å². The standard InChI is InChI=1S/C33H33ClN4O8/c1-17-2-11-22(12-23(17)32(44)45)46-33-36-25-13-24(34)28(37-31(25)38-33)21-9-7-20(8-10-21)19-5-3-18(4-6-19)14-35-15-26(40)29(42)30(43)27(41)16-39/h2-13,26-27,29-30,35,39-43H,14-16H2,1H3,(H,44,45)(H,36,37,38)/t26-,27+,29+,30+/m0/s1. The summed E-state index contributed by atoms with van der Waals surface area (Å²) in [6.45, 7) is 1.34. The third kappa shape index (κ3) is 7.52. The van der Waals surface area contributed by atoms with Gasteiger partial charge in [0.2, 0.25) is 0 Å². The van der Waals surface area contributed by atoms with Gasteiger partial charge in [-0.1, -0.05) is 66.2 Å². The Morgan fingerprint density at radius 1 is 0.891 bits per heavy atom. The Balaban J connectivity index is 1.22. The first-order chi connectivity index (χ1) is 22.0. The number of aromatic amines is 1. The lowest BCUT2D eigenvalue weighted by Crippen LogP contribution is -2.48. The van der Waals surface area contributed by atoms with Gasteiger partial charge in [-0.3, -0.25) is 0 Å². The molecule has 0 radical (unpaired) electrons. The van der Waals surface area contributed by atoms with E-state index in [1.165, 1.54) is 6.07 Å². The average molecular weight is 649 g/mol. The molecule has 0 amide bonds. The van der Waals surface area contributed by atoms with Crippen molar-refractivity contribution in [3.05, 3.63) is 94.5 Å². The van der Waals surface area contributed by atoms with E-state index in [0.29, 0.717) is 39.7 Å². The second-order valence-electron chi connectivity index (χ2n) is 10.8. The number of aryl methyl sites for hydroxylation is 1. The van der Waals surface area contributed by atoms with Crippen molar-refractivity contribution in [3.63, 3.8) is 0 Å². The highest BCUT2D eigenvalue weighted by Crippen LogP contribution is 2.32. The summed E-state index contributed by atoms with van der Waals surface area (Å²) in [4.78, 5) is 23.5.